The van der Waals surface area contributed by atoms with Gasteiger partial charge in [-0.3, -0.25) is 24.1 Å². The van der Waals surface area contributed by atoms with Crippen LogP contribution in [0, 0.1) is 10.8 Å². The van der Waals surface area contributed by atoms with E-state index in [9.17, 15) is 9.90 Å². The number of unbranched alkanes of at least 4 members (excludes halogenated alkanes) is 1. The van der Waals surface area contributed by atoms with E-state index in [0.29, 0.717) is 18.4 Å². The van der Waals surface area contributed by atoms with E-state index in [1.807, 2.05) is 243 Å². The Morgan fingerprint density at radius 1 is 0.331 bits per heavy atom. The smallest absolute Gasteiger partial charge is 0.338 e. The van der Waals surface area contributed by atoms with Crippen LogP contribution in [0.15, 0.2) is 310 Å². The third kappa shape index (κ3) is 26.6. The van der Waals surface area contributed by atoms with Crippen molar-refractivity contribution in [3.63, 3.8) is 0 Å². The molecule has 5 aliphatic rings. The molecule has 0 radical (unpaired) electrons. The highest BCUT2D eigenvalue weighted by atomic mass is 16.8. The normalized spacial score (nSPS) is 25.7. The summed E-state index contributed by atoms with van der Waals surface area (Å²) in [5.74, 6) is -4.20. The average Bonchev–Trinajstić information content (AvgIpc) is 1.12. The van der Waals surface area contributed by atoms with Crippen molar-refractivity contribution in [1.82, 2.24) is 4.90 Å². The fourth-order valence-electron chi connectivity index (χ4n) is 16.7. The van der Waals surface area contributed by atoms with Gasteiger partial charge in [-0.2, -0.15) is 0 Å². The van der Waals surface area contributed by atoms with Gasteiger partial charge in [0.1, 0.15) is 79.3 Å². The van der Waals surface area contributed by atoms with Gasteiger partial charge in [-0.25, -0.2) is 4.79 Å². The fourth-order valence-corrected chi connectivity index (χ4v) is 16.7. The molecule has 0 aliphatic carbocycles. The molecule has 0 bridgehead atoms. The Hall–Kier alpha value is -11.2. The van der Waals surface area contributed by atoms with Crippen molar-refractivity contribution in [2.24, 2.45) is 10.8 Å². The van der Waals surface area contributed by atoms with E-state index in [-0.39, 0.29) is 96.0 Å². The van der Waals surface area contributed by atoms with Gasteiger partial charge in [-0.15, -0.1) is 6.58 Å². The SMILES string of the molecule is C=CCCCO[C@@H]1O[C@H](COCc2ccccc2)[C@@H](O[C@@H]2O[C@H](COCc3ccccc3)[C@H](OCc3ccccc3)[C@H](O[C@@H]3O[C@H](COCc4ccccc4)[C@@H](O[C@@H]4O[C@H](COCc5ccccc5)[C@H](OCc5ccccc5)[C@H](OCc5ccccc5)[C@H]4O)[C@H](OC(=O)c4ccccc4)[C@H]3N3C(=O)c4ccccc4C3=O)[C@H]2OC(=O)C(C)(C)C)[C@H](OCc2ccccc2)[C@H]1OC(=O)C(C)(C)C. The average molecular weight is 1860 g/mol. The number of carbonyl (C=O) groups is 5. The van der Waals surface area contributed by atoms with Crippen LogP contribution in [0.5, 0.6) is 0 Å². The molecule has 0 saturated carbocycles. The lowest BCUT2D eigenvalue weighted by Gasteiger charge is -2.53. The molecular formula is C110H121NO25. The van der Waals surface area contributed by atoms with Gasteiger partial charge in [0.15, 0.2) is 43.5 Å². The maximum Gasteiger partial charge on any atom is 0.338 e. The number of fused-ring (bicyclic) bond motifs is 1. The van der Waals surface area contributed by atoms with Crippen LogP contribution < -0.4 is 0 Å². The summed E-state index contributed by atoms with van der Waals surface area (Å²) in [5, 5.41) is 13.6. The summed E-state index contributed by atoms with van der Waals surface area (Å²) in [6.45, 7) is 12.9. The van der Waals surface area contributed by atoms with Crippen LogP contribution in [0.2, 0.25) is 0 Å². The van der Waals surface area contributed by atoms with Gasteiger partial charge in [-0.05, 0) is 123 Å². The number of amides is 2. The number of aliphatic hydroxyl groups excluding tert-OH is 1. The van der Waals surface area contributed by atoms with Gasteiger partial charge in [0.05, 0.1) is 113 Å². The number of imide groups is 1. The summed E-state index contributed by atoms with van der Waals surface area (Å²) >= 11 is 0. The highest BCUT2D eigenvalue weighted by Crippen LogP contribution is 2.44. The number of allylic oxidation sites excluding steroid dienone is 1. The number of esters is 3. The highest BCUT2D eigenvalue weighted by molar-refractivity contribution is 6.21. The minimum Gasteiger partial charge on any atom is -0.454 e. The zero-order valence-corrected chi connectivity index (χ0v) is 77.4. The standard InChI is InChI=1S/C110H121NO25/c1-8-9-39-60-122-105-98(135-107(116)109(2,3)4)96(126-68-80-54-33-17-34-55-80)93(87(129-105)72-121-64-76-46-25-13-26-47-76)133-106-99(136-108(117)110(5,6)7)97(91(124-66-78-50-29-15-30-51-78)85(130-106)70-119-62-74-42-21-11-22-43-74)134-103-88(111-100(113)82-58-37-38-59-83(82)101(111)114)94(131-102(115)81-56-35-18-36-57-81)92(86(127-103)71-120-63-75-44-23-12-24-45-75)132-104-89(112)95(125-67-79-52-31-16-32-53-79)90(123-65-77-48-27-14-28-49-77)84(128-104)69-118-61-73-40-19-10-20-41-73/h8,10-38,40-59,84-99,103-106,112H,1,9,39,60-72H2,2-7H3/t84-,85-,86-,87-,88-,89-,90+,91+,92-,93-,94-,95-,96+,97+,98-,99-,103+,104+,105-,106+/m1/s1. The number of benzene rings is 10. The van der Waals surface area contributed by atoms with Gasteiger partial charge in [0, 0.05) is 0 Å². The van der Waals surface area contributed by atoms with E-state index in [0.717, 1.165) is 43.8 Å². The van der Waals surface area contributed by atoms with Crippen LogP contribution in [0.1, 0.15) is 130 Å². The van der Waals surface area contributed by atoms with Gasteiger partial charge in [0.25, 0.3) is 11.8 Å². The predicted octanol–water partition coefficient (Wildman–Crippen LogP) is 16.4. The second kappa shape index (κ2) is 48.7. The number of aliphatic hydroxyl groups is 1. The second-order valence-corrected chi connectivity index (χ2v) is 36.3. The minimum absolute atomic E-state index is 0.0174. The first-order valence-electron chi connectivity index (χ1n) is 46.4. The number of hydrogen-bond donors (Lipinski definition) is 1. The lowest BCUT2D eigenvalue weighted by Crippen LogP contribution is -2.71. The Morgan fingerprint density at radius 2 is 0.632 bits per heavy atom. The van der Waals surface area contributed by atoms with Crippen molar-refractivity contribution in [1.29, 1.82) is 0 Å². The first kappa shape index (κ1) is 99.3. The van der Waals surface area contributed by atoms with Gasteiger partial charge < -0.3 is 95.1 Å². The van der Waals surface area contributed by atoms with E-state index in [4.69, 9.17) is 90.0 Å². The van der Waals surface area contributed by atoms with Crippen LogP contribution in [0.4, 0.5) is 0 Å². The quantitative estimate of drug-likeness (QED) is 0.0122. The van der Waals surface area contributed by atoms with Crippen molar-refractivity contribution in [2.45, 2.75) is 230 Å². The largest absolute Gasteiger partial charge is 0.454 e. The van der Waals surface area contributed by atoms with E-state index < -0.39 is 170 Å². The lowest BCUT2D eigenvalue weighted by molar-refractivity contribution is -0.390. The number of hydrogen-bond acceptors (Lipinski definition) is 25. The summed E-state index contributed by atoms with van der Waals surface area (Å²) in [6, 6.07) is 87.7. The Kier molecular flexibility index (Phi) is 35.6. The fraction of sp³-hybridized carbons (Fsp3) is 0.391. The molecule has 716 valence electrons. The van der Waals surface area contributed by atoms with E-state index in [1.165, 1.54) is 24.3 Å². The van der Waals surface area contributed by atoms with Crippen molar-refractivity contribution in [3.8, 4) is 0 Å². The Morgan fingerprint density at radius 3 is 1.02 bits per heavy atom. The molecule has 4 fully saturated rings. The zero-order chi connectivity index (χ0) is 94.8. The van der Waals surface area contributed by atoms with Crippen molar-refractivity contribution < 1.29 is 119 Å². The van der Waals surface area contributed by atoms with Crippen LogP contribution in [-0.4, -0.2) is 196 Å². The summed E-state index contributed by atoms with van der Waals surface area (Å²) in [4.78, 5) is 80.4. The van der Waals surface area contributed by atoms with Gasteiger partial charge in [0.2, 0.25) is 0 Å². The number of ether oxygens (including phenoxy) is 19. The predicted molar refractivity (Wildman–Crippen MR) is 500 cm³/mol. The molecule has 20 atom stereocenters. The Bertz CT molecular complexity index is 5320. The maximum atomic E-state index is 16.4. The summed E-state index contributed by atoms with van der Waals surface area (Å²) in [6.07, 6.45) is -27.1. The first-order valence-corrected chi connectivity index (χ1v) is 46.4. The third-order valence-corrected chi connectivity index (χ3v) is 23.9. The van der Waals surface area contributed by atoms with Crippen molar-refractivity contribution in [3.05, 3.63) is 371 Å². The van der Waals surface area contributed by atoms with Gasteiger partial charge >= 0.3 is 17.9 Å². The second-order valence-electron chi connectivity index (χ2n) is 36.3. The zero-order valence-electron chi connectivity index (χ0n) is 77.4. The number of nitrogens with zero attached hydrogens (tertiary/aromatic N) is 1. The van der Waals surface area contributed by atoms with E-state index in [1.54, 1.807) is 78.0 Å². The molecule has 26 heteroatoms. The lowest BCUT2D eigenvalue weighted by atomic mass is 9.92. The maximum absolute atomic E-state index is 16.4. The van der Waals surface area contributed by atoms with Crippen LogP contribution >= 0.6 is 0 Å². The Labute approximate surface area is 794 Å². The molecule has 1 N–H and O–H groups in total. The monoisotopic (exact) mass is 1860 g/mol. The summed E-state index contributed by atoms with van der Waals surface area (Å²) in [7, 11) is 0. The van der Waals surface area contributed by atoms with E-state index >= 15 is 19.2 Å². The molecule has 10 aromatic rings. The molecule has 136 heavy (non-hydrogen) atoms. The molecule has 5 heterocycles. The molecule has 4 saturated heterocycles. The van der Waals surface area contributed by atoms with Crippen LogP contribution in [0.25, 0.3) is 0 Å². The van der Waals surface area contributed by atoms with Crippen LogP contribution in [-0.2, 0) is 152 Å². The molecule has 26 nitrogen and oxygen atoms in total. The van der Waals surface area contributed by atoms with Crippen LogP contribution in [0.3, 0.4) is 0 Å². The highest BCUT2D eigenvalue weighted by Gasteiger charge is 2.63. The molecule has 0 spiro atoms. The summed E-state index contributed by atoms with van der Waals surface area (Å²) in [5.41, 5.74) is 3.60. The Balaban J connectivity index is 0.919. The van der Waals surface area contributed by atoms with Crippen molar-refractivity contribution >= 4 is 29.7 Å². The molecule has 5 aliphatic heterocycles. The molecule has 0 unspecified atom stereocenters. The molecule has 15 rings (SSSR count). The first-order chi connectivity index (χ1) is 66.2. The topological polar surface area (TPSA) is 284 Å². The third-order valence-electron chi connectivity index (χ3n) is 23.9. The number of carbonyl (C=O) groups excluding carboxylic acids is 5. The molecule has 10 aromatic carbocycles. The minimum atomic E-state index is -2.09. The molecule has 0 aromatic heterocycles. The molecule has 2 amide bonds. The van der Waals surface area contributed by atoms with Crippen molar-refractivity contribution in [2.75, 3.05) is 33.0 Å². The summed E-state index contributed by atoms with van der Waals surface area (Å²) < 4.78 is 136. The molecular weight excluding hydrogens is 1740 g/mol. The van der Waals surface area contributed by atoms with Gasteiger partial charge in [-0.1, -0.05) is 279 Å². The van der Waals surface area contributed by atoms with E-state index in [2.05, 4.69) is 6.58 Å². The number of rotatable bonds is 44.